The van der Waals surface area contributed by atoms with Crippen LogP contribution >= 0.6 is 12.2 Å². The summed E-state index contributed by atoms with van der Waals surface area (Å²) in [6.07, 6.45) is 3.32. The molecule has 2 fully saturated rings. The summed E-state index contributed by atoms with van der Waals surface area (Å²) >= 11 is 5.04. The Morgan fingerprint density at radius 3 is 2.65 bits per heavy atom. The van der Waals surface area contributed by atoms with Crippen LogP contribution in [0.2, 0.25) is 0 Å². The Morgan fingerprint density at radius 2 is 2.05 bits per heavy atom. The minimum atomic E-state index is 0.0548. The van der Waals surface area contributed by atoms with Gasteiger partial charge in [-0.3, -0.25) is 4.79 Å². The molecule has 3 N–H and O–H groups in total. The van der Waals surface area contributed by atoms with Crippen LogP contribution in [-0.2, 0) is 4.79 Å². The van der Waals surface area contributed by atoms with Gasteiger partial charge in [-0.1, -0.05) is 18.3 Å². The summed E-state index contributed by atoms with van der Waals surface area (Å²) in [7, 11) is 1.57. The van der Waals surface area contributed by atoms with Gasteiger partial charge in [0.15, 0.2) is 0 Å². The lowest BCUT2D eigenvalue weighted by molar-refractivity contribution is -0.120. The molecule has 0 bridgehead atoms. The Balaban J connectivity index is 1.81. The van der Waals surface area contributed by atoms with Gasteiger partial charge in [0.1, 0.15) is 10.7 Å². The zero-order valence-electron chi connectivity index (χ0n) is 11.4. The molecule has 2 unspecified atom stereocenters. The average Bonchev–Trinajstić information content (AvgIpc) is 3.05. The number of thiocarbonyl (C=S) groups is 1. The fourth-order valence-electron chi connectivity index (χ4n) is 3.19. The Labute approximate surface area is 123 Å². The van der Waals surface area contributed by atoms with E-state index in [1.54, 1.807) is 19.2 Å². The summed E-state index contributed by atoms with van der Waals surface area (Å²) < 4.78 is 5.30. The van der Waals surface area contributed by atoms with Crippen molar-refractivity contribution in [2.75, 3.05) is 12.4 Å². The highest BCUT2D eigenvalue weighted by Gasteiger charge is 2.48. The first-order valence-electron chi connectivity index (χ1n) is 6.87. The maximum atomic E-state index is 12.4. The smallest absolute Gasteiger partial charge is 0.227 e. The van der Waals surface area contributed by atoms with Crippen LogP contribution in [-0.4, -0.2) is 18.0 Å². The number of methoxy groups -OCH3 is 1. The molecule has 106 valence electrons. The number of benzene rings is 1. The average molecular weight is 290 g/mol. The van der Waals surface area contributed by atoms with Gasteiger partial charge in [-0.25, -0.2) is 0 Å². The third-order valence-electron chi connectivity index (χ3n) is 4.37. The lowest BCUT2D eigenvalue weighted by Gasteiger charge is -2.17. The van der Waals surface area contributed by atoms with Gasteiger partial charge in [0, 0.05) is 11.5 Å². The third kappa shape index (κ3) is 2.38. The molecule has 0 saturated heterocycles. The van der Waals surface area contributed by atoms with Gasteiger partial charge in [0.05, 0.1) is 12.8 Å². The summed E-state index contributed by atoms with van der Waals surface area (Å²) in [5.41, 5.74) is 6.96. The molecule has 0 aliphatic heterocycles. The minimum Gasteiger partial charge on any atom is -0.495 e. The number of fused-ring (bicyclic) bond motifs is 1. The molecule has 2 aliphatic rings. The number of nitrogens with two attached hydrogens (primary N) is 1. The van der Waals surface area contributed by atoms with Gasteiger partial charge in [0.2, 0.25) is 5.91 Å². The Hall–Kier alpha value is -1.62. The van der Waals surface area contributed by atoms with Crippen LogP contribution in [0.25, 0.3) is 0 Å². The highest BCUT2D eigenvalue weighted by molar-refractivity contribution is 7.80. The van der Waals surface area contributed by atoms with E-state index in [1.165, 1.54) is 6.42 Å². The van der Waals surface area contributed by atoms with Crippen molar-refractivity contribution in [1.29, 1.82) is 0 Å². The monoisotopic (exact) mass is 290 g/mol. The Bertz CT molecular complexity index is 563. The molecular formula is C15H18N2O2S. The zero-order chi connectivity index (χ0) is 14.3. The molecule has 0 radical (unpaired) electrons. The molecular weight excluding hydrogens is 272 g/mol. The second-order valence-electron chi connectivity index (χ2n) is 5.66. The number of ether oxygens (including phenoxy) is 1. The number of hydrogen-bond donors (Lipinski definition) is 2. The van der Waals surface area contributed by atoms with Crippen LogP contribution in [0.4, 0.5) is 5.69 Å². The van der Waals surface area contributed by atoms with E-state index in [2.05, 4.69) is 5.32 Å². The molecule has 2 aliphatic carbocycles. The minimum absolute atomic E-state index is 0.0548. The first-order valence-corrected chi connectivity index (χ1v) is 7.28. The van der Waals surface area contributed by atoms with Crippen LogP contribution in [0.3, 0.4) is 0 Å². The van der Waals surface area contributed by atoms with E-state index in [9.17, 15) is 4.79 Å². The number of nitrogens with one attached hydrogen (secondary N) is 1. The van der Waals surface area contributed by atoms with Crippen LogP contribution in [0, 0.1) is 17.8 Å². The highest BCUT2D eigenvalue weighted by Crippen LogP contribution is 2.54. The molecule has 5 heteroatoms. The van der Waals surface area contributed by atoms with E-state index in [-0.39, 0.29) is 16.8 Å². The molecule has 0 spiro atoms. The number of rotatable bonds is 4. The van der Waals surface area contributed by atoms with Crippen molar-refractivity contribution in [3.05, 3.63) is 23.8 Å². The van der Waals surface area contributed by atoms with Crippen LogP contribution in [0.1, 0.15) is 24.8 Å². The third-order valence-corrected chi connectivity index (χ3v) is 4.59. The molecule has 2 saturated carbocycles. The number of carbonyl (C=O) groups excluding carboxylic acids is 1. The van der Waals surface area contributed by atoms with Crippen LogP contribution in [0.5, 0.6) is 5.75 Å². The number of carbonyl (C=O) groups is 1. The van der Waals surface area contributed by atoms with Crippen LogP contribution < -0.4 is 15.8 Å². The highest BCUT2D eigenvalue weighted by atomic mass is 32.1. The van der Waals surface area contributed by atoms with E-state index in [0.717, 1.165) is 24.7 Å². The van der Waals surface area contributed by atoms with Gasteiger partial charge in [0.25, 0.3) is 0 Å². The summed E-state index contributed by atoms with van der Waals surface area (Å²) in [4.78, 5) is 12.6. The quantitative estimate of drug-likeness (QED) is 0.835. The standard InChI is InChI=1S/C15H18N2O2S/c1-19-12-4-2-3-11(14(16)20)13(12)17-15(18)10-6-8-5-9(8)7-10/h2-4,8-10H,5-7H2,1H3,(H2,16,20)(H,17,18). The molecule has 1 aromatic rings. The van der Waals surface area contributed by atoms with Crippen molar-refractivity contribution in [3.8, 4) is 5.75 Å². The molecule has 20 heavy (non-hydrogen) atoms. The first-order chi connectivity index (χ1) is 9.60. The van der Waals surface area contributed by atoms with Gasteiger partial charge < -0.3 is 15.8 Å². The fourth-order valence-corrected chi connectivity index (χ4v) is 3.36. The summed E-state index contributed by atoms with van der Waals surface area (Å²) in [5, 5.41) is 2.96. The van der Waals surface area contributed by atoms with E-state index < -0.39 is 0 Å². The Kier molecular flexibility index (Phi) is 3.38. The number of para-hydroxylation sites is 1. The first kappa shape index (κ1) is 13.4. The van der Waals surface area contributed by atoms with Crippen molar-refractivity contribution in [3.63, 3.8) is 0 Å². The van der Waals surface area contributed by atoms with Crippen LogP contribution in [0.15, 0.2) is 18.2 Å². The van der Waals surface area contributed by atoms with Gasteiger partial charge in [-0.05, 0) is 43.2 Å². The van der Waals surface area contributed by atoms with Crippen molar-refractivity contribution in [2.24, 2.45) is 23.5 Å². The van der Waals surface area contributed by atoms with Crippen molar-refractivity contribution in [2.45, 2.75) is 19.3 Å². The summed E-state index contributed by atoms with van der Waals surface area (Å²) in [6, 6.07) is 5.41. The van der Waals surface area contributed by atoms with Crippen molar-refractivity contribution < 1.29 is 9.53 Å². The van der Waals surface area contributed by atoms with E-state index >= 15 is 0 Å². The molecule has 2 atom stereocenters. The lowest BCUT2D eigenvalue weighted by atomic mass is 10.0. The van der Waals surface area contributed by atoms with E-state index in [1.807, 2.05) is 6.07 Å². The lowest BCUT2D eigenvalue weighted by Crippen LogP contribution is -2.24. The molecule has 3 rings (SSSR count). The van der Waals surface area contributed by atoms with E-state index in [0.29, 0.717) is 17.0 Å². The predicted molar refractivity (Wildman–Crippen MR) is 81.8 cm³/mol. The molecule has 0 aromatic heterocycles. The topological polar surface area (TPSA) is 64.3 Å². The molecule has 1 amide bonds. The number of hydrogen-bond acceptors (Lipinski definition) is 3. The zero-order valence-corrected chi connectivity index (χ0v) is 12.2. The molecule has 0 heterocycles. The number of anilines is 1. The maximum Gasteiger partial charge on any atom is 0.227 e. The summed E-state index contributed by atoms with van der Waals surface area (Å²) in [5.74, 6) is 2.31. The van der Waals surface area contributed by atoms with Crippen molar-refractivity contribution in [1.82, 2.24) is 0 Å². The maximum absolute atomic E-state index is 12.4. The normalized spacial score (nSPS) is 26.8. The number of amides is 1. The fraction of sp³-hybridized carbons (Fsp3) is 0.467. The molecule has 4 nitrogen and oxygen atoms in total. The van der Waals surface area contributed by atoms with Gasteiger partial charge >= 0.3 is 0 Å². The predicted octanol–water partition coefficient (Wildman–Crippen LogP) is 2.31. The Morgan fingerprint density at radius 1 is 1.35 bits per heavy atom. The van der Waals surface area contributed by atoms with Gasteiger partial charge in [-0.15, -0.1) is 0 Å². The van der Waals surface area contributed by atoms with Gasteiger partial charge in [-0.2, -0.15) is 0 Å². The summed E-state index contributed by atoms with van der Waals surface area (Å²) in [6.45, 7) is 0. The molecule has 1 aromatic carbocycles. The second-order valence-corrected chi connectivity index (χ2v) is 6.10. The largest absolute Gasteiger partial charge is 0.495 e. The SMILES string of the molecule is COc1cccc(C(N)=S)c1NC(=O)C1CC2CC2C1. The van der Waals surface area contributed by atoms with Crippen molar-refractivity contribution >= 4 is 28.8 Å². The second kappa shape index (κ2) is 5.05. The van der Waals surface area contributed by atoms with E-state index in [4.69, 9.17) is 22.7 Å².